The van der Waals surface area contributed by atoms with Gasteiger partial charge in [-0.3, -0.25) is 0 Å². The van der Waals surface area contributed by atoms with Crippen LogP contribution in [0.5, 0.6) is 5.75 Å². The first-order chi connectivity index (χ1) is 9.90. The fourth-order valence-electron chi connectivity index (χ4n) is 2.90. The number of hydrogen-bond acceptors (Lipinski definition) is 3. The van der Waals surface area contributed by atoms with E-state index < -0.39 is 0 Å². The Morgan fingerprint density at radius 3 is 3.00 bits per heavy atom. The number of rotatable bonds is 4. The summed E-state index contributed by atoms with van der Waals surface area (Å²) in [5.74, 6) is 1.06. The number of nitrogens with two attached hydrogens (primary N) is 1. The van der Waals surface area contributed by atoms with Crippen molar-refractivity contribution in [1.29, 1.82) is 0 Å². The van der Waals surface area contributed by atoms with Crippen LogP contribution in [0.1, 0.15) is 30.9 Å². The Hall–Kier alpha value is -1.58. The van der Waals surface area contributed by atoms with Crippen molar-refractivity contribution in [3.63, 3.8) is 0 Å². The van der Waals surface area contributed by atoms with E-state index in [1.165, 1.54) is 16.3 Å². The van der Waals surface area contributed by atoms with E-state index in [0.717, 1.165) is 44.7 Å². The van der Waals surface area contributed by atoms with Gasteiger partial charge in [0.2, 0.25) is 0 Å². The van der Waals surface area contributed by atoms with Gasteiger partial charge in [-0.2, -0.15) is 0 Å². The molecule has 106 valence electrons. The smallest absolute Gasteiger partial charge is 0.131 e. The fraction of sp³-hybridized carbons (Fsp3) is 0.412. The average molecular weight is 270 g/mol. The highest BCUT2D eigenvalue weighted by Crippen LogP contribution is 2.37. The lowest BCUT2D eigenvalue weighted by molar-refractivity contribution is 0.318. The average Bonchev–Trinajstić information content (AvgIpc) is 2.70. The molecule has 1 atom stereocenters. The van der Waals surface area contributed by atoms with Crippen LogP contribution in [0, 0.1) is 0 Å². The Labute approximate surface area is 120 Å². The van der Waals surface area contributed by atoms with Crippen LogP contribution >= 0.6 is 0 Å². The minimum atomic E-state index is 0.378. The van der Waals surface area contributed by atoms with Crippen LogP contribution in [0.25, 0.3) is 10.8 Å². The van der Waals surface area contributed by atoms with E-state index in [1.54, 1.807) is 0 Å². The van der Waals surface area contributed by atoms with Gasteiger partial charge in [0, 0.05) is 17.0 Å². The van der Waals surface area contributed by atoms with Crippen LogP contribution in [-0.4, -0.2) is 19.7 Å². The number of fused-ring (bicyclic) bond motifs is 3. The molecular weight excluding hydrogens is 248 g/mol. The fourth-order valence-corrected chi connectivity index (χ4v) is 2.90. The van der Waals surface area contributed by atoms with Crippen molar-refractivity contribution in [3.05, 3.63) is 42.0 Å². The second-order valence-corrected chi connectivity index (χ2v) is 5.34. The zero-order chi connectivity index (χ0) is 13.8. The van der Waals surface area contributed by atoms with Crippen molar-refractivity contribution in [3.8, 4) is 5.75 Å². The molecule has 0 radical (unpaired) electrons. The molecule has 3 rings (SSSR count). The quantitative estimate of drug-likeness (QED) is 0.840. The summed E-state index contributed by atoms with van der Waals surface area (Å²) in [4.78, 5) is 0. The van der Waals surface area contributed by atoms with Gasteiger partial charge in [0.05, 0.1) is 6.61 Å². The molecule has 3 N–H and O–H groups in total. The van der Waals surface area contributed by atoms with Crippen LogP contribution in [0.15, 0.2) is 36.4 Å². The minimum absolute atomic E-state index is 0.378. The summed E-state index contributed by atoms with van der Waals surface area (Å²) in [7, 11) is 0. The zero-order valence-corrected chi connectivity index (χ0v) is 11.8. The molecule has 0 amide bonds. The van der Waals surface area contributed by atoms with Gasteiger partial charge < -0.3 is 15.8 Å². The molecule has 0 bridgehead atoms. The van der Waals surface area contributed by atoms with Gasteiger partial charge in [-0.15, -0.1) is 0 Å². The third-order valence-corrected chi connectivity index (χ3v) is 3.94. The zero-order valence-electron chi connectivity index (χ0n) is 11.8. The van der Waals surface area contributed by atoms with Gasteiger partial charge in [0.1, 0.15) is 5.75 Å². The molecule has 0 aliphatic carbocycles. The minimum Gasteiger partial charge on any atom is -0.493 e. The first kappa shape index (κ1) is 13.4. The largest absolute Gasteiger partial charge is 0.493 e. The van der Waals surface area contributed by atoms with Crippen LogP contribution < -0.4 is 15.8 Å². The van der Waals surface area contributed by atoms with E-state index in [-0.39, 0.29) is 0 Å². The summed E-state index contributed by atoms with van der Waals surface area (Å²) in [6.45, 7) is 2.50. The summed E-state index contributed by atoms with van der Waals surface area (Å²) in [6.07, 6.45) is 3.22. The maximum atomic E-state index is 6.03. The molecule has 1 aliphatic rings. The van der Waals surface area contributed by atoms with E-state index in [4.69, 9.17) is 10.5 Å². The van der Waals surface area contributed by atoms with Gasteiger partial charge in [0.15, 0.2) is 0 Å². The monoisotopic (exact) mass is 270 g/mol. The molecule has 0 fully saturated rings. The van der Waals surface area contributed by atoms with Crippen LogP contribution in [0.3, 0.4) is 0 Å². The van der Waals surface area contributed by atoms with Gasteiger partial charge in [-0.25, -0.2) is 0 Å². The Kier molecular flexibility index (Phi) is 4.19. The second-order valence-electron chi connectivity index (χ2n) is 5.34. The number of ether oxygens (including phenoxy) is 1. The number of nitrogens with one attached hydrogen (secondary N) is 1. The highest BCUT2D eigenvalue weighted by Gasteiger charge is 2.20. The maximum Gasteiger partial charge on any atom is 0.131 e. The molecule has 0 saturated carbocycles. The third-order valence-electron chi connectivity index (χ3n) is 3.94. The van der Waals surface area contributed by atoms with Crippen molar-refractivity contribution in [1.82, 2.24) is 5.32 Å². The predicted molar refractivity (Wildman–Crippen MR) is 83.1 cm³/mol. The maximum absolute atomic E-state index is 6.03. The first-order valence-corrected chi connectivity index (χ1v) is 7.48. The van der Waals surface area contributed by atoms with Crippen molar-refractivity contribution >= 4 is 10.8 Å². The molecule has 0 aromatic heterocycles. The Morgan fingerprint density at radius 2 is 2.10 bits per heavy atom. The summed E-state index contributed by atoms with van der Waals surface area (Å²) in [5.41, 5.74) is 6.87. The Morgan fingerprint density at radius 1 is 1.20 bits per heavy atom. The summed E-state index contributed by atoms with van der Waals surface area (Å²) in [5, 5.41) is 6.09. The van der Waals surface area contributed by atoms with Crippen molar-refractivity contribution < 1.29 is 4.74 Å². The molecule has 1 unspecified atom stereocenters. The standard InChI is InChI=1S/C17H22N2O/c18-10-4-11-19-16-7-3-12-20-17-14-6-2-1-5-13(14)8-9-15(16)17/h1-2,5-6,8-9,16,19H,3-4,7,10-12,18H2. The molecule has 0 saturated heterocycles. The lowest BCUT2D eigenvalue weighted by Gasteiger charge is -2.19. The van der Waals surface area contributed by atoms with E-state index in [1.807, 2.05) is 0 Å². The molecule has 2 aromatic rings. The van der Waals surface area contributed by atoms with Crippen LogP contribution in [0.4, 0.5) is 0 Å². The van der Waals surface area contributed by atoms with Gasteiger partial charge in [-0.1, -0.05) is 36.4 Å². The van der Waals surface area contributed by atoms with Gasteiger partial charge >= 0.3 is 0 Å². The Balaban J connectivity index is 1.96. The van der Waals surface area contributed by atoms with Crippen molar-refractivity contribution in [2.45, 2.75) is 25.3 Å². The highest BCUT2D eigenvalue weighted by atomic mass is 16.5. The van der Waals surface area contributed by atoms with E-state index in [0.29, 0.717) is 6.04 Å². The molecule has 3 nitrogen and oxygen atoms in total. The summed E-state index contributed by atoms with van der Waals surface area (Å²) in [6, 6.07) is 13.2. The van der Waals surface area contributed by atoms with E-state index in [9.17, 15) is 0 Å². The molecular formula is C17H22N2O. The van der Waals surface area contributed by atoms with Gasteiger partial charge in [0.25, 0.3) is 0 Å². The lowest BCUT2D eigenvalue weighted by atomic mass is 9.98. The molecule has 1 heterocycles. The molecule has 1 aliphatic heterocycles. The summed E-state index contributed by atoms with van der Waals surface area (Å²) < 4.78 is 6.03. The number of hydrogen-bond donors (Lipinski definition) is 2. The Bertz CT molecular complexity index is 582. The van der Waals surface area contributed by atoms with Crippen molar-refractivity contribution in [2.24, 2.45) is 5.73 Å². The first-order valence-electron chi connectivity index (χ1n) is 7.48. The normalized spacial score (nSPS) is 18.4. The van der Waals surface area contributed by atoms with Crippen molar-refractivity contribution in [2.75, 3.05) is 19.7 Å². The topological polar surface area (TPSA) is 47.3 Å². The van der Waals surface area contributed by atoms with E-state index in [2.05, 4.69) is 41.7 Å². The third kappa shape index (κ3) is 2.65. The predicted octanol–water partition coefficient (Wildman–Crippen LogP) is 2.99. The van der Waals surface area contributed by atoms with E-state index >= 15 is 0 Å². The number of benzene rings is 2. The highest BCUT2D eigenvalue weighted by molar-refractivity contribution is 5.89. The van der Waals surface area contributed by atoms with Gasteiger partial charge in [-0.05, 0) is 37.7 Å². The molecule has 20 heavy (non-hydrogen) atoms. The molecule has 0 spiro atoms. The van der Waals surface area contributed by atoms with Crippen LogP contribution in [0.2, 0.25) is 0 Å². The summed E-state index contributed by atoms with van der Waals surface area (Å²) >= 11 is 0. The SMILES string of the molecule is NCCCNC1CCCOc2c1ccc1ccccc21. The molecule has 2 aromatic carbocycles. The molecule has 3 heteroatoms. The lowest BCUT2D eigenvalue weighted by Crippen LogP contribution is -2.23. The second kappa shape index (κ2) is 6.25. The van der Waals surface area contributed by atoms with Crippen LogP contribution in [-0.2, 0) is 0 Å².